The Morgan fingerprint density at radius 3 is 3.00 bits per heavy atom. The first-order valence-electron chi connectivity index (χ1n) is 5.85. The van der Waals surface area contributed by atoms with Crippen molar-refractivity contribution in [1.82, 2.24) is 30.2 Å². The van der Waals surface area contributed by atoms with Gasteiger partial charge in [0.2, 0.25) is 0 Å². The average Bonchev–Trinajstić information content (AvgIpc) is 3.10. The zero-order valence-corrected chi connectivity index (χ0v) is 10.6. The van der Waals surface area contributed by atoms with Gasteiger partial charge in [0.1, 0.15) is 6.33 Å². The van der Waals surface area contributed by atoms with Crippen LogP contribution in [0.3, 0.4) is 0 Å². The number of benzene rings is 1. The number of rotatable bonds is 3. The molecule has 0 spiro atoms. The second-order valence-corrected chi connectivity index (χ2v) is 4.16. The lowest BCUT2D eigenvalue weighted by Crippen LogP contribution is -2.12. The summed E-state index contributed by atoms with van der Waals surface area (Å²) in [5.41, 5.74) is 1.75. The van der Waals surface area contributed by atoms with Crippen molar-refractivity contribution in [2.75, 3.05) is 5.32 Å². The van der Waals surface area contributed by atoms with Crippen LogP contribution in [-0.2, 0) is 7.05 Å². The lowest BCUT2D eigenvalue weighted by Gasteiger charge is -2.05. The molecule has 2 heterocycles. The molecule has 0 saturated heterocycles. The van der Waals surface area contributed by atoms with Crippen LogP contribution in [0.25, 0.3) is 11.4 Å². The maximum Gasteiger partial charge on any atom is 0.277 e. The molecule has 1 aromatic carbocycles. The number of aryl methyl sites for hydroxylation is 1. The highest BCUT2D eigenvalue weighted by molar-refractivity contribution is 6.02. The van der Waals surface area contributed by atoms with Crippen LogP contribution < -0.4 is 5.32 Å². The Balaban J connectivity index is 1.85. The van der Waals surface area contributed by atoms with E-state index in [1.807, 2.05) is 25.2 Å². The first-order chi connectivity index (χ1) is 9.74. The predicted octanol–water partition coefficient (Wildman–Crippen LogP) is 0.852. The molecule has 2 N–H and O–H groups in total. The molecule has 100 valence electrons. The predicted molar refractivity (Wildman–Crippen MR) is 70.8 cm³/mol. The summed E-state index contributed by atoms with van der Waals surface area (Å²) in [4.78, 5) is 11.9. The molecule has 0 atom stereocenters. The van der Waals surface area contributed by atoms with Gasteiger partial charge >= 0.3 is 0 Å². The van der Waals surface area contributed by atoms with E-state index >= 15 is 0 Å². The van der Waals surface area contributed by atoms with E-state index in [1.165, 1.54) is 6.20 Å². The van der Waals surface area contributed by atoms with Crippen molar-refractivity contribution in [3.05, 3.63) is 42.5 Å². The van der Waals surface area contributed by atoms with Crippen molar-refractivity contribution in [1.29, 1.82) is 0 Å². The first kappa shape index (κ1) is 12.0. The van der Waals surface area contributed by atoms with Crippen LogP contribution in [0.4, 0.5) is 5.69 Å². The Morgan fingerprint density at radius 1 is 1.40 bits per heavy atom. The van der Waals surface area contributed by atoms with Crippen LogP contribution in [0.15, 0.2) is 36.8 Å². The molecule has 2 aromatic heterocycles. The summed E-state index contributed by atoms with van der Waals surface area (Å²) in [6.45, 7) is 0. The van der Waals surface area contributed by atoms with E-state index in [0.29, 0.717) is 5.69 Å². The summed E-state index contributed by atoms with van der Waals surface area (Å²) in [6, 6.07) is 7.35. The number of aromatic amines is 1. The minimum Gasteiger partial charge on any atom is -0.321 e. The molecular weight excluding hydrogens is 258 g/mol. The molecule has 3 rings (SSSR count). The summed E-state index contributed by atoms with van der Waals surface area (Å²) in [5, 5.41) is 20.3. The molecule has 0 radical (unpaired) electrons. The lowest BCUT2D eigenvalue weighted by molar-refractivity contribution is 0.102. The van der Waals surface area contributed by atoms with Gasteiger partial charge in [-0.1, -0.05) is 12.1 Å². The Labute approximate surface area is 113 Å². The number of nitrogens with zero attached hydrogens (tertiary/aromatic N) is 5. The third-order valence-corrected chi connectivity index (χ3v) is 2.74. The van der Waals surface area contributed by atoms with Gasteiger partial charge < -0.3 is 9.88 Å². The maximum absolute atomic E-state index is 11.9. The van der Waals surface area contributed by atoms with Crippen LogP contribution in [0.2, 0.25) is 0 Å². The lowest BCUT2D eigenvalue weighted by atomic mass is 10.2. The fraction of sp³-hybridized carbons (Fsp3) is 0.0833. The van der Waals surface area contributed by atoms with Crippen LogP contribution >= 0.6 is 0 Å². The summed E-state index contributed by atoms with van der Waals surface area (Å²) in [5.74, 6) is 0.399. The molecule has 8 nitrogen and oxygen atoms in total. The molecule has 0 bridgehead atoms. The fourth-order valence-corrected chi connectivity index (χ4v) is 1.79. The first-order valence-corrected chi connectivity index (χ1v) is 5.85. The smallest absolute Gasteiger partial charge is 0.277 e. The Morgan fingerprint density at radius 2 is 2.30 bits per heavy atom. The summed E-state index contributed by atoms with van der Waals surface area (Å²) in [7, 11) is 1.86. The van der Waals surface area contributed by atoms with Gasteiger partial charge in [-0.2, -0.15) is 15.4 Å². The van der Waals surface area contributed by atoms with E-state index in [9.17, 15) is 4.79 Å². The highest BCUT2D eigenvalue weighted by Crippen LogP contribution is 2.20. The number of carbonyl (C=O) groups is 1. The number of carbonyl (C=O) groups excluding carboxylic acids is 1. The standard InChI is InChI=1S/C12H11N7O/c1-19-7-14-17-11(19)8-3-2-4-9(5-8)15-12(20)10-6-13-18-16-10/h2-7H,1H3,(H,15,20)(H,13,16,18). The summed E-state index contributed by atoms with van der Waals surface area (Å²) in [6.07, 6.45) is 2.98. The van der Waals surface area contributed by atoms with Crippen LogP contribution in [0, 0.1) is 0 Å². The number of hydrogen-bond donors (Lipinski definition) is 2. The van der Waals surface area contributed by atoms with E-state index in [0.717, 1.165) is 11.4 Å². The highest BCUT2D eigenvalue weighted by atomic mass is 16.2. The summed E-state index contributed by atoms with van der Waals surface area (Å²) < 4.78 is 1.80. The van der Waals surface area contributed by atoms with Crippen molar-refractivity contribution in [2.24, 2.45) is 7.05 Å². The molecule has 20 heavy (non-hydrogen) atoms. The Kier molecular flexibility index (Phi) is 2.96. The second-order valence-electron chi connectivity index (χ2n) is 4.16. The number of H-pyrrole nitrogens is 1. The highest BCUT2D eigenvalue weighted by Gasteiger charge is 2.10. The number of nitrogens with one attached hydrogen (secondary N) is 2. The largest absolute Gasteiger partial charge is 0.321 e. The van der Waals surface area contributed by atoms with E-state index < -0.39 is 0 Å². The zero-order chi connectivity index (χ0) is 13.9. The Bertz CT molecular complexity index is 732. The van der Waals surface area contributed by atoms with E-state index in [-0.39, 0.29) is 11.6 Å². The summed E-state index contributed by atoms with van der Waals surface area (Å²) >= 11 is 0. The van der Waals surface area contributed by atoms with E-state index in [4.69, 9.17) is 0 Å². The van der Waals surface area contributed by atoms with Gasteiger partial charge in [0.05, 0.1) is 6.20 Å². The van der Waals surface area contributed by atoms with Gasteiger partial charge in [0, 0.05) is 18.3 Å². The van der Waals surface area contributed by atoms with E-state index in [1.54, 1.807) is 17.0 Å². The van der Waals surface area contributed by atoms with Crippen molar-refractivity contribution in [3.8, 4) is 11.4 Å². The average molecular weight is 269 g/mol. The normalized spacial score (nSPS) is 10.4. The molecule has 1 amide bonds. The molecule has 3 aromatic rings. The minimum absolute atomic E-state index is 0.231. The molecule has 0 aliphatic carbocycles. The van der Waals surface area contributed by atoms with Crippen LogP contribution in [0.1, 0.15) is 10.5 Å². The molecule has 0 saturated carbocycles. The molecular formula is C12H11N7O. The fourth-order valence-electron chi connectivity index (χ4n) is 1.79. The zero-order valence-electron chi connectivity index (χ0n) is 10.6. The topological polar surface area (TPSA) is 101 Å². The third-order valence-electron chi connectivity index (χ3n) is 2.74. The molecule has 8 heteroatoms. The monoisotopic (exact) mass is 269 g/mol. The maximum atomic E-state index is 11.9. The quantitative estimate of drug-likeness (QED) is 0.734. The number of aromatic nitrogens is 6. The van der Waals surface area contributed by atoms with Gasteiger partial charge in [-0.05, 0) is 12.1 Å². The molecule has 0 aliphatic heterocycles. The van der Waals surface area contributed by atoms with Crippen LogP contribution in [-0.4, -0.2) is 36.1 Å². The number of amides is 1. The van der Waals surface area contributed by atoms with E-state index in [2.05, 4.69) is 30.9 Å². The van der Waals surface area contributed by atoms with Crippen molar-refractivity contribution in [3.63, 3.8) is 0 Å². The molecule has 0 unspecified atom stereocenters. The van der Waals surface area contributed by atoms with Crippen molar-refractivity contribution in [2.45, 2.75) is 0 Å². The van der Waals surface area contributed by atoms with Gasteiger partial charge in [0.15, 0.2) is 11.5 Å². The van der Waals surface area contributed by atoms with Gasteiger partial charge in [-0.3, -0.25) is 4.79 Å². The third kappa shape index (κ3) is 2.26. The minimum atomic E-state index is -0.325. The van der Waals surface area contributed by atoms with Crippen molar-refractivity contribution < 1.29 is 4.79 Å². The SMILES string of the molecule is Cn1cnnc1-c1cccc(NC(=O)c2cn[nH]n2)c1. The number of hydrogen-bond acceptors (Lipinski definition) is 5. The van der Waals surface area contributed by atoms with Gasteiger partial charge in [-0.15, -0.1) is 10.2 Å². The molecule has 0 fully saturated rings. The number of anilines is 1. The molecule has 0 aliphatic rings. The van der Waals surface area contributed by atoms with Crippen molar-refractivity contribution >= 4 is 11.6 Å². The van der Waals surface area contributed by atoms with Crippen LogP contribution in [0.5, 0.6) is 0 Å². The van der Waals surface area contributed by atoms with Gasteiger partial charge in [-0.25, -0.2) is 0 Å². The second kappa shape index (κ2) is 4.92. The Hall–Kier alpha value is -3.03. The van der Waals surface area contributed by atoms with Gasteiger partial charge in [0.25, 0.3) is 5.91 Å².